The first-order valence-electron chi connectivity index (χ1n) is 8.89. The lowest BCUT2D eigenvalue weighted by Crippen LogP contribution is -2.45. The molecular formula is C20H25N3O3. The van der Waals surface area contributed by atoms with Crippen LogP contribution < -0.4 is 10.2 Å². The Morgan fingerprint density at radius 1 is 1.19 bits per heavy atom. The lowest BCUT2D eigenvalue weighted by molar-refractivity contribution is -0.00546. The third-order valence-corrected chi connectivity index (χ3v) is 4.38. The summed E-state index contributed by atoms with van der Waals surface area (Å²) < 4.78 is 5.76. The van der Waals surface area contributed by atoms with Gasteiger partial charge in [0.15, 0.2) is 0 Å². The molecule has 1 aliphatic rings. The van der Waals surface area contributed by atoms with E-state index >= 15 is 0 Å². The number of morpholine rings is 1. The number of rotatable bonds is 6. The van der Waals surface area contributed by atoms with Gasteiger partial charge < -0.3 is 20.1 Å². The van der Waals surface area contributed by atoms with E-state index in [1.165, 1.54) is 0 Å². The predicted octanol–water partition coefficient (Wildman–Crippen LogP) is 2.68. The quantitative estimate of drug-likeness (QED) is 0.830. The van der Waals surface area contributed by atoms with Gasteiger partial charge in [0.2, 0.25) is 0 Å². The van der Waals surface area contributed by atoms with Gasteiger partial charge in [0.1, 0.15) is 5.82 Å². The SMILES string of the molecule is CC1CN(c2ccc(CNCc3cccc(C(=O)O)c3)cn2)CC(C)O1. The van der Waals surface area contributed by atoms with Crippen LogP contribution in [0.5, 0.6) is 0 Å². The van der Waals surface area contributed by atoms with Crippen LogP contribution in [0.2, 0.25) is 0 Å². The van der Waals surface area contributed by atoms with E-state index in [4.69, 9.17) is 9.84 Å². The van der Waals surface area contributed by atoms with Gasteiger partial charge in [-0.3, -0.25) is 0 Å². The molecule has 2 heterocycles. The molecule has 1 aromatic carbocycles. The second kappa shape index (κ2) is 8.29. The van der Waals surface area contributed by atoms with Crippen molar-refractivity contribution in [3.63, 3.8) is 0 Å². The number of ether oxygens (including phenoxy) is 1. The minimum Gasteiger partial charge on any atom is -0.478 e. The zero-order valence-electron chi connectivity index (χ0n) is 15.2. The number of hydrogen-bond acceptors (Lipinski definition) is 5. The number of aromatic nitrogens is 1. The van der Waals surface area contributed by atoms with Crippen LogP contribution >= 0.6 is 0 Å². The van der Waals surface area contributed by atoms with Crippen molar-refractivity contribution in [1.29, 1.82) is 0 Å². The fourth-order valence-electron chi connectivity index (χ4n) is 3.24. The van der Waals surface area contributed by atoms with Crippen molar-refractivity contribution in [2.45, 2.75) is 39.1 Å². The summed E-state index contributed by atoms with van der Waals surface area (Å²) in [5, 5.41) is 12.4. The van der Waals surface area contributed by atoms with Crippen LogP contribution in [0.15, 0.2) is 42.6 Å². The van der Waals surface area contributed by atoms with Crippen LogP contribution in [-0.4, -0.2) is 41.4 Å². The Bertz CT molecular complexity index is 738. The average Bonchev–Trinajstić information content (AvgIpc) is 2.62. The molecule has 0 saturated carbocycles. The number of carboxylic acids is 1. The molecule has 0 radical (unpaired) electrons. The van der Waals surface area contributed by atoms with Crippen LogP contribution in [0.3, 0.4) is 0 Å². The summed E-state index contributed by atoms with van der Waals surface area (Å²) in [6.45, 7) is 7.17. The van der Waals surface area contributed by atoms with Crippen LogP contribution in [0.25, 0.3) is 0 Å². The van der Waals surface area contributed by atoms with Crippen molar-refractivity contribution in [2.24, 2.45) is 0 Å². The van der Waals surface area contributed by atoms with E-state index < -0.39 is 5.97 Å². The minimum absolute atomic E-state index is 0.212. The number of nitrogens with one attached hydrogen (secondary N) is 1. The summed E-state index contributed by atoms with van der Waals surface area (Å²) in [5.41, 5.74) is 2.35. The number of carboxylic acid groups (broad SMARTS) is 1. The Hall–Kier alpha value is -2.44. The molecule has 2 aromatic rings. The number of pyridine rings is 1. The number of benzene rings is 1. The predicted molar refractivity (Wildman–Crippen MR) is 100 cm³/mol. The summed E-state index contributed by atoms with van der Waals surface area (Å²) in [7, 11) is 0. The standard InChI is InChI=1S/C20H25N3O3/c1-14-12-23(13-15(2)26-14)19-7-6-17(11-22-19)10-21-9-16-4-3-5-18(8-16)20(24)25/h3-8,11,14-15,21H,9-10,12-13H2,1-2H3,(H,24,25). The van der Waals surface area contributed by atoms with Gasteiger partial charge in [-0.2, -0.15) is 0 Å². The Morgan fingerprint density at radius 3 is 2.58 bits per heavy atom. The van der Waals surface area contributed by atoms with Gasteiger partial charge >= 0.3 is 5.97 Å². The van der Waals surface area contributed by atoms with Crippen LogP contribution in [-0.2, 0) is 17.8 Å². The molecule has 6 nitrogen and oxygen atoms in total. The molecular weight excluding hydrogens is 330 g/mol. The summed E-state index contributed by atoms with van der Waals surface area (Å²) in [5.74, 6) is 0.0725. The summed E-state index contributed by atoms with van der Waals surface area (Å²) in [6, 6.07) is 11.1. The third-order valence-electron chi connectivity index (χ3n) is 4.38. The summed E-state index contributed by atoms with van der Waals surface area (Å²) in [4.78, 5) is 17.9. The number of nitrogens with zero attached hydrogens (tertiary/aromatic N) is 2. The highest BCUT2D eigenvalue weighted by Gasteiger charge is 2.22. The molecule has 1 aromatic heterocycles. The molecule has 2 unspecified atom stereocenters. The van der Waals surface area contributed by atoms with E-state index in [1.54, 1.807) is 18.2 Å². The van der Waals surface area contributed by atoms with Crippen molar-refractivity contribution in [3.8, 4) is 0 Å². The fraction of sp³-hybridized carbons (Fsp3) is 0.400. The Morgan fingerprint density at radius 2 is 1.92 bits per heavy atom. The van der Waals surface area contributed by atoms with Crippen molar-refractivity contribution < 1.29 is 14.6 Å². The van der Waals surface area contributed by atoms with E-state index in [9.17, 15) is 4.79 Å². The molecule has 0 amide bonds. The highest BCUT2D eigenvalue weighted by atomic mass is 16.5. The summed E-state index contributed by atoms with van der Waals surface area (Å²) in [6.07, 6.45) is 2.31. The monoisotopic (exact) mass is 355 g/mol. The minimum atomic E-state index is -0.904. The van der Waals surface area contributed by atoms with E-state index in [-0.39, 0.29) is 12.2 Å². The average molecular weight is 355 g/mol. The van der Waals surface area contributed by atoms with Gasteiger partial charge in [0.05, 0.1) is 17.8 Å². The van der Waals surface area contributed by atoms with Crippen molar-refractivity contribution >= 4 is 11.8 Å². The van der Waals surface area contributed by atoms with Gasteiger partial charge in [-0.15, -0.1) is 0 Å². The van der Waals surface area contributed by atoms with Gasteiger partial charge in [0.25, 0.3) is 0 Å². The number of aromatic carboxylic acids is 1. The first-order chi connectivity index (χ1) is 12.5. The molecule has 3 rings (SSSR count). The second-order valence-electron chi connectivity index (χ2n) is 6.80. The van der Waals surface area contributed by atoms with Crippen molar-refractivity contribution in [1.82, 2.24) is 10.3 Å². The molecule has 0 aliphatic carbocycles. The zero-order chi connectivity index (χ0) is 18.5. The number of anilines is 1. The van der Waals surface area contributed by atoms with Gasteiger partial charge in [-0.1, -0.05) is 18.2 Å². The Kier molecular flexibility index (Phi) is 5.85. The number of hydrogen-bond donors (Lipinski definition) is 2. The van der Waals surface area contributed by atoms with Crippen molar-refractivity contribution in [2.75, 3.05) is 18.0 Å². The first kappa shape index (κ1) is 18.4. The van der Waals surface area contributed by atoms with Gasteiger partial charge in [0, 0.05) is 32.4 Å². The Labute approximate surface area is 153 Å². The smallest absolute Gasteiger partial charge is 0.335 e. The highest BCUT2D eigenvalue weighted by Crippen LogP contribution is 2.18. The van der Waals surface area contributed by atoms with Crippen LogP contribution in [0, 0.1) is 0 Å². The van der Waals surface area contributed by atoms with E-state index in [2.05, 4.69) is 35.1 Å². The molecule has 138 valence electrons. The second-order valence-corrected chi connectivity index (χ2v) is 6.80. The molecule has 1 aliphatic heterocycles. The normalized spacial score (nSPS) is 20.2. The molecule has 1 saturated heterocycles. The van der Waals surface area contributed by atoms with Gasteiger partial charge in [-0.25, -0.2) is 9.78 Å². The largest absolute Gasteiger partial charge is 0.478 e. The van der Waals surface area contributed by atoms with Crippen molar-refractivity contribution in [3.05, 3.63) is 59.3 Å². The molecule has 2 atom stereocenters. The first-order valence-corrected chi connectivity index (χ1v) is 8.89. The molecule has 0 spiro atoms. The number of carbonyl (C=O) groups is 1. The fourth-order valence-corrected chi connectivity index (χ4v) is 3.24. The van der Waals surface area contributed by atoms with E-state index in [0.29, 0.717) is 18.7 Å². The molecule has 1 fully saturated rings. The topological polar surface area (TPSA) is 74.7 Å². The van der Waals surface area contributed by atoms with Crippen LogP contribution in [0.1, 0.15) is 35.3 Å². The maximum Gasteiger partial charge on any atom is 0.335 e. The van der Waals surface area contributed by atoms with E-state index in [0.717, 1.165) is 30.0 Å². The maximum atomic E-state index is 11.0. The van der Waals surface area contributed by atoms with Crippen LogP contribution in [0.4, 0.5) is 5.82 Å². The molecule has 6 heteroatoms. The lowest BCUT2D eigenvalue weighted by Gasteiger charge is -2.36. The third kappa shape index (κ3) is 4.80. The highest BCUT2D eigenvalue weighted by molar-refractivity contribution is 5.87. The Balaban J connectivity index is 1.53. The maximum absolute atomic E-state index is 11.0. The molecule has 0 bridgehead atoms. The zero-order valence-corrected chi connectivity index (χ0v) is 15.2. The van der Waals surface area contributed by atoms with Gasteiger partial charge in [-0.05, 0) is 43.2 Å². The lowest BCUT2D eigenvalue weighted by atomic mass is 10.1. The van der Waals surface area contributed by atoms with E-state index in [1.807, 2.05) is 18.3 Å². The summed E-state index contributed by atoms with van der Waals surface area (Å²) >= 11 is 0. The molecule has 26 heavy (non-hydrogen) atoms. The molecule has 2 N–H and O–H groups in total.